The molecule has 124 valence electrons. The van der Waals surface area contributed by atoms with Gasteiger partial charge in [-0.3, -0.25) is 4.79 Å². The Morgan fingerprint density at radius 2 is 1.87 bits per heavy atom. The summed E-state index contributed by atoms with van der Waals surface area (Å²) in [7, 11) is -2.13. The van der Waals surface area contributed by atoms with E-state index in [1.807, 2.05) is 0 Å². The molecule has 1 heterocycles. The van der Waals surface area contributed by atoms with E-state index in [1.54, 1.807) is 18.2 Å². The lowest BCUT2D eigenvalue weighted by Gasteiger charge is -2.08. The molecule has 2 aromatic rings. The van der Waals surface area contributed by atoms with Crippen molar-refractivity contribution in [3.8, 4) is 5.75 Å². The second kappa shape index (κ2) is 7.62. The smallest absolute Gasteiger partial charge is 0.287 e. The maximum absolute atomic E-state index is 12.1. The first-order valence-electron chi connectivity index (χ1n) is 6.59. The number of sulfonamides is 1. The summed E-state index contributed by atoms with van der Waals surface area (Å²) >= 11 is 3.10. The van der Waals surface area contributed by atoms with Gasteiger partial charge in [0.15, 0.2) is 10.4 Å². The highest BCUT2D eigenvalue weighted by Crippen LogP contribution is 2.15. The number of ether oxygens (including phenoxy) is 1. The van der Waals surface area contributed by atoms with Crippen LogP contribution in [0.4, 0.5) is 0 Å². The molecule has 2 N–H and O–H groups in total. The molecule has 2 rings (SSSR count). The van der Waals surface area contributed by atoms with Crippen molar-refractivity contribution in [2.45, 2.75) is 4.90 Å². The maximum Gasteiger partial charge on any atom is 0.287 e. The van der Waals surface area contributed by atoms with Crippen LogP contribution in [0.2, 0.25) is 0 Å². The maximum atomic E-state index is 12.1. The number of hydrogen-bond donors (Lipinski definition) is 2. The Hall–Kier alpha value is -1.84. The molecule has 0 radical (unpaired) electrons. The second-order valence-corrected chi connectivity index (χ2v) is 6.98. The zero-order valence-electron chi connectivity index (χ0n) is 12.2. The van der Waals surface area contributed by atoms with Gasteiger partial charge in [0.1, 0.15) is 5.75 Å². The van der Waals surface area contributed by atoms with Crippen molar-refractivity contribution < 1.29 is 22.4 Å². The number of amides is 1. The molecule has 0 aliphatic heterocycles. The van der Waals surface area contributed by atoms with Crippen molar-refractivity contribution >= 4 is 31.9 Å². The first kappa shape index (κ1) is 17.5. The molecule has 0 aliphatic carbocycles. The molecule has 7 nitrogen and oxygen atoms in total. The summed E-state index contributed by atoms with van der Waals surface area (Å²) in [6.45, 7) is 0.189. The van der Waals surface area contributed by atoms with E-state index >= 15 is 0 Å². The van der Waals surface area contributed by atoms with Crippen molar-refractivity contribution in [3.63, 3.8) is 0 Å². The van der Waals surface area contributed by atoms with Gasteiger partial charge >= 0.3 is 0 Å². The quantitative estimate of drug-likeness (QED) is 0.687. The van der Waals surface area contributed by atoms with E-state index < -0.39 is 15.9 Å². The molecule has 0 saturated carbocycles. The average molecular weight is 403 g/mol. The van der Waals surface area contributed by atoms with Crippen LogP contribution in [-0.2, 0) is 10.0 Å². The first-order valence-corrected chi connectivity index (χ1v) is 8.87. The lowest BCUT2D eigenvalue weighted by atomic mass is 10.3. The van der Waals surface area contributed by atoms with Gasteiger partial charge in [-0.15, -0.1) is 0 Å². The standard InChI is InChI=1S/C14H15BrN2O5S/c1-21-10-2-4-11(5-3-10)23(19,20)17-9-8-16-14(18)12-6-7-13(15)22-12/h2-7,17H,8-9H2,1H3,(H,16,18). The molecular weight excluding hydrogens is 388 g/mol. The summed E-state index contributed by atoms with van der Waals surface area (Å²) in [5.74, 6) is 0.301. The molecule has 1 aromatic heterocycles. The molecule has 0 unspecified atom stereocenters. The Kier molecular flexibility index (Phi) is 5.80. The number of benzene rings is 1. The number of halogens is 1. The largest absolute Gasteiger partial charge is 0.497 e. The van der Waals surface area contributed by atoms with Crippen LogP contribution in [0.15, 0.2) is 50.4 Å². The van der Waals surface area contributed by atoms with Crippen LogP contribution in [0.25, 0.3) is 0 Å². The predicted molar refractivity (Wildman–Crippen MR) is 86.9 cm³/mol. The van der Waals surface area contributed by atoms with E-state index in [0.717, 1.165) is 0 Å². The van der Waals surface area contributed by atoms with Crippen LogP contribution in [0.3, 0.4) is 0 Å². The van der Waals surface area contributed by atoms with E-state index in [-0.39, 0.29) is 23.7 Å². The third kappa shape index (κ3) is 4.81. The van der Waals surface area contributed by atoms with Gasteiger partial charge in [-0.25, -0.2) is 13.1 Å². The molecule has 0 atom stereocenters. The predicted octanol–water partition coefficient (Wildman–Crippen LogP) is 1.76. The van der Waals surface area contributed by atoms with Crippen LogP contribution >= 0.6 is 15.9 Å². The molecule has 0 fully saturated rings. The van der Waals surface area contributed by atoms with Crippen molar-refractivity contribution in [2.75, 3.05) is 20.2 Å². The van der Waals surface area contributed by atoms with E-state index in [4.69, 9.17) is 9.15 Å². The highest BCUT2D eigenvalue weighted by atomic mass is 79.9. The summed E-state index contributed by atoms with van der Waals surface area (Å²) in [5, 5.41) is 2.55. The summed E-state index contributed by atoms with van der Waals surface area (Å²) in [4.78, 5) is 11.8. The van der Waals surface area contributed by atoms with Crippen molar-refractivity contribution in [1.29, 1.82) is 0 Å². The number of carbonyl (C=O) groups excluding carboxylic acids is 1. The monoisotopic (exact) mass is 402 g/mol. The highest BCUT2D eigenvalue weighted by Gasteiger charge is 2.14. The van der Waals surface area contributed by atoms with Gasteiger partial charge in [0.05, 0.1) is 12.0 Å². The van der Waals surface area contributed by atoms with Gasteiger partial charge in [0, 0.05) is 13.1 Å². The van der Waals surface area contributed by atoms with Crippen molar-refractivity contribution in [2.24, 2.45) is 0 Å². The minimum absolute atomic E-state index is 0.0575. The third-order valence-corrected chi connectivity index (χ3v) is 4.77. The Balaban J connectivity index is 1.83. The second-order valence-electron chi connectivity index (χ2n) is 4.43. The average Bonchev–Trinajstić information content (AvgIpc) is 2.98. The molecule has 9 heteroatoms. The number of carbonyl (C=O) groups is 1. The minimum atomic E-state index is -3.63. The van der Waals surface area contributed by atoms with E-state index in [0.29, 0.717) is 10.4 Å². The fourth-order valence-electron chi connectivity index (χ4n) is 1.72. The Morgan fingerprint density at radius 1 is 1.17 bits per heavy atom. The minimum Gasteiger partial charge on any atom is -0.497 e. The fraction of sp³-hybridized carbons (Fsp3) is 0.214. The summed E-state index contributed by atoms with van der Waals surface area (Å²) in [6.07, 6.45) is 0. The number of methoxy groups -OCH3 is 1. The normalized spacial score (nSPS) is 11.2. The SMILES string of the molecule is COc1ccc(S(=O)(=O)NCCNC(=O)c2ccc(Br)o2)cc1. The molecule has 0 saturated heterocycles. The van der Waals surface area contributed by atoms with Crippen LogP contribution in [0.1, 0.15) is 10.6 Å². The Bertz CT molecular complexity index is 771. The molecule has 0 spiro atoms. The third-order valence-electron chi connectivity index (χ3n) is 2.87. The fourth-order valence-corrected chi connectivity index (χ4v) is 3.06. The van der Waals surface area contributed by atoms with Gasteiger partial charge in [0.25, 0.3) is 5.91 Å². The molecule has 1 amide bonds. The van der Waals surface area contributed by atoms with Crippen molar-refractivity contribution in [3.05, 3.63) is 46.8 Å². The number of rotatable bonds is 7. The molecule has 23 heavy (non-hydrogen) atoms. The van der Waals surface area contributed by atoms with Gasteiger partial charge in [-0.05, 0) is 52.3 Å². The lowest BCUT2D eigenvalue weighted by molar-refractivity contribution is 0.0925. The van der Waals surface area contributed by atoms with Gasteiger partial charge in [-0.2, -0.15) is 0 Å². The summed E-state index contributed by atoms with van der Waals surface area (Å²) in [6, 6.07) is 9.12. The van der Waals surface area contributed by atoms with Crippen LogP contribution in [0, 0.1) is 0 Å². The molecular formula is C14H15BrN2O5S. The first-order chi connectivity index (χ1) is 10.9. The molecule has 1 aromatic carbocycles. The van der Waals surface area contributed by atoms with Gasteiger partial charge < -0.3 is 14.5 Å². The lowest BCUT2D eigenvalue weighted by Crippen LogP contribution is -2.34. The van der Waals surface area contributed by atoms with Crippen molar-refractivity contribution in [1.82, 2.24) is 10.0 Å². The summed E-state index contributed by atoms with van der Waals surface area (Å²) < 4.78 is 37.0. The van der Waals surface area contributed by atoms with Gasteiger partial charge in [-0.1, -0.05) is 0 Å². The topological polar surface area (TPSA) is 97.6 Å². The van der Waals surface area contributed by atoms with Crippen LogP contribution in [0.5, 0.6) is 5.75 Å². The summed E-state index contributed by atoms with van der Waals surface area (Å²) in [5.41, 5.74) is 0. The van der Waals surface area contributed by atoms with Gasteiger partial charge in [0.2, 0.25) is 10.0 Å². The zero-order valence-corrected chi connectivity index (χ0v) is 14.6. The van der Waals surface area contributed by atoms with E-state index in [1.165, 1.54) is 25.3 Å². The number of nitrogens with one attached hydrogen (secondary N) is 2. The molecule has 0 aliphatic rings. The zero-order chi connectivity index (χ0) is 16.9. The van der Waals surface area contributed by atoms with Crippen LogP contribution < -0.4 is 14.8 Å². The number of hydrogen-bond acceptors (Lipinski definition) is 5. The van der Waals surface area contributed by atoms with E-state index in [9.17, 15) is 13.2 Å². The Labute approximate surface area is 142 Å². The Morgan fingerprint density at radius 3 is 2.43 bits per heavy atom. The van der Waals surface area contributed by atoms with E-state index in [2.05, 4.69) is 26.0 Å². The molecule has 0 bridgehead atoms. The highest BCUT2D eigenvalue weighted by molar-refractivity contribution is 9.10. The number of furan rings is 1. The van der Waals surface area contributed by atoms with Crippen LogP contribution in [-0.4, -0.2) is 34.5 Å².